The zero-order valence-corrected chi connectivity index (χ0v) is 16.3. The van der Waals surface area contributed by atoms with Crippen molar-refractivity contribution in [3.8, 4) is 34.0 Å². The molecule has 3 aromatic rings. The molecule has 1 aromatic carbocycles. The van der Waals surface area contributed by atoms with Crippen molar-refractivity contribution in [1.82, 2.24) is 14.3 Å². The van der Waals surface area contributed by atoms with Crippen molar-refractivity contribution in [3.63, 3.8) is 0 Å². The third-order valence-electron chi connectivity index (χ3n) is 5.65. The van der Waals surface area contributed by atoms with Crippen LogP contribution in [0.3, 0.4) is 0 Å². The van der Waals surface area contributed by atoms with E-state index in [1.807, 2.05) is 13.8 Å². The maximum atomic E-state index is 15.1. The minimum atomic E-state index is -1.28. The maximum Gasteiger partial charge on any atom is 0.341 e. The van der Waals surface area contributed by atoms with Gasteiger partial charge in [0.2, 0.25) is 12.5 Å². The molecule has 0 saturated carbocycles. The van der Waals surface area contributed by atoms with Gasteiger partial charge in [0, 0.05) is 23.4 Å². The first-order valence-corrected chi connectivity index (χ1v) is 9.51. The highest BCUT2D eigenvalue weighted by Crippen LogP contribution is 2.44. The first kappa shape index (κ1) is 18.4. The first-order valence-electron chi connectivity index (χ1n) is 9.51. The minimum absolute atomic E-state index is 0.0435. The highest BCUT2D eigenvalue weighted by atomic mass is 19.1. The van der Waals surface area contributed by atoms with Gasteiger partial charge in [0.15, 0.2) is 17.0 Å². The monoisotopic (exact) mass is 411 g/mol. The smallest absolute Gasteiger partial charge is 0.341 e. The van der Waals surface area contributed by atoms with Crippen molar-refractivity contribution < 1.29 is 23.8 Å². The van der Waals surface area contributed by atoms with Crippen molar-refractivity contribution in [2.24, 2.45) is 5.92 Å². The van der Waals surface area contributed by atoms with Gasteiger partial charge in [0.25, 0.3) is 0 Å². The fourth-order valence-electron chi connectivity index (χ4n) is 4.11. The summed E-state index contributed by atoms with van der Waals surface area (Å²) in [7, 11) is 0. The lowest BCUT2D eigenvalue weighted by atomic mass is 9.96. The van der Waals surface area contributed by atoms with Crippen molar-refractivity contribution in [1.29, 1.82) is 0 Å². The molecule has 0 bridgehead atoms. The summed E-state index contributed by atoms with van der Waals surface area (Å²) in [6.07, 6.45) is 2.93. The van der Waals surface area contributed by atoms with Crippen LogP contribution in [0.2, 0.25) is 0 Å². The molecule has 2 aromatic heterocycles. The zero-order valence-electron chi connectivity index (χ0n) is 16.3. The molecule has 1 atom stereocenters. The number of aromatic carboxylic acids is 1. The van der Waals surface area contributed by atoms with Crippen LogP contribution in [0.1, 0.15) is 30.2 Å². The lowest BCUT2D eigenvalue weighted by Gasteiger charge is -2.32. The van der Waals surface area contributed by atoms with E-state index in [0.717, 1.165) is 0 Å². The van der Waals surface area contributed by atoms with E-state index in [4.69, 9.17) is 9.47 Å². The zero-order chi connectivity index (χ0) is 21.2. The number of hydrogen-bond acceptors (Lipinski definition) is 5. The van der Waals surface area contributed by atoms with Gasteiger partial charge < -0.3 is 19.1 Å². The molecular weight excluding hydrogens is 393 g/mol. The van der Waals surface area contributed by atoms with Crippen LogP contribution in [0, 0.1) is 11.7 Å². The number of ether oxygens (including phenoxy) is 2. The lowest BCUT2D eigenvalue weighted by molar-refractivity contribution is 0.0694. The molecule has 2 aliphatic rings. The average Bonchev–Trinajstić information content (AvgIpc) is 3.34. The summed E-state index contributed by atoms with van der Waals surface area (Å²) in [6, 6.07) is 4.40. The molecule has 8 nitrogen and oxygen atoms in total. The number of benzene rings is 1. The van der Waals surface area contributed by atoms with Gasteiger partial charge in [-0.15, -0.1) is 0 Å². The Morgan fingerprint density at radius 1 is 1.30 bits per heavy atom. The predicted octanol–water partition coefficient (Wildman–Crippen LogP) is 3.16. The Morgan fingerprint density at radius 2 is 2.10 bits per heavy atom. The third kappa shape index (κ3) is 2.54. The number of carbonyl (C=O) groups is 1. The molecular formula is C21H18FN3O5. The quantitative estimate of drug-likeness (QED) is 0.711. The number of nitrogens with zero attached hydrogens (tertiary/aromatic N) is 3. The van der Waals surface area contributed by atoms with Crippen LogP contribution >= 0.6 is 0 Å². The van der Waals surface area contributed by atoms with Crippen molar-refractivity contribution in [2.75, 3.05) is 6.79 Å². The highest BCUT2D eigenvalue weighted by Gasteiger charge is 2.32. The molecule has 30 heavy (non-hydrogen) atoms. The topological polar surface area (TPSA) is 95.6 Å². The summed E-state index contributed by atoms with van der Waals surface area (Å²) in [6.45, 7) is 4.45. The summed E-state index contributed by atoms with van der Waals surface area (Å²) in [5.74, 6) is -1.32. The number of rotatable bonds is 3. The van der Waals surface area contributed by atoms with Crippen molar-refractivity contribution >= 4 is 5.97 Å². The number of pyridine rings is 1. The van der Waals surface area contributed by atoms with Crippen molar-refractivity contribution in [2.45, 2.75) is 26.4 Å². The van der Waals surface area contributed by atoms with E-state index in [0.29, 0.717) is 29.2 Å². The normalized spacial score (nSPS) is 16.5. The van der Waals surface area contributed by atoms with Gasteiger partial charge in [0.05, 0.1) is 30.2 Å². The standard InChI is InChI=1S/C21H18FN3O5/c1-10(2)15-8-25-19(14-5-16(26)13(21(27)28)7-24(14)15)12(6-23-25)11-3-4-17-20(18(11)22)30-9-29-17/h3-7,10,15H,8-9H2,1-2H3,(H,27,28)/t15-/m0/s1. The largest absolute Gasteiger partial charge is 0.477 e. The van der Waals surface area contributed by atoms with Gasteiger partial charge in [-0.25, -0.2) is 9.18 Å². The number of halogens is 1. The molecule has 0 radical (unpaired) electrons. The lowest BCUT2D eigenvalue weighted by Crippen LogP contribution is -2.31. The van der Waals surface area contributed by atoms with Gasteiger partial charge in [0.1, 0.15) is 5.56 Å². The van der Waals surface area contributed by atoms with Gasteiger partial charge in [-0.1, -0.05) is 13.8 Å². The molecule has 1 N–H and O–H groups in total. The Bertz CT molecular complexity index is 1260. The Labute approximate surface area is 170 Å². The second kappa shape index (κ2) is 6.45. The molecule has 0 unspecified atom stereocenters. The van der Waals surface area contributed by atoms with E-state index in [-0.39, 0.29) is 35.6 Å². The van der Waals surface area contributed by atoms with E-state index < -0.39 is 17.2 Å². The summed E-state index contributed by atoms with van der Waals surface area (Å²) in [4.78, 5) is 24.0. The Balaban J connectivity index is 1.76. The molecule has 5 rings (SSSR count). The summed E-state index contributed by atoms with van der Waals surface area (Å²) in [5, 5.41) is 13.8. The van der Waals surface area contributed by atoms with E-state index in [1.54, 1.807) is 27.6 Å². The molecule has 9 heteroatoms. The summed E-state index contributed by atoms with van der Waals surface area (Å²) in [5.41, 5.74) is 0.906. The van der Waals surface area contributed by atoms with Crippen LogP contribution in [-0.2, 0) is 6.54 Å². The van der Waals surface area contributed by atoms with E-state index in [1.165, 1.54) is 12.3 Å². The number of carboxylic acid groups (broad SMARTS) is 1. The van der Waals surface area contributed by atoms with Crippen LogP contribution < -0.4 is 14.9 Å². The summed E-state index contributed by atoms with van der Waals surface area (Å²) >= 11 is 0. The van der Waals surface area contributed by atoms with Gasteiger partial charge >= 0.3 is 5.97 Å². The van der Waals surface area contributed by atoms with Crippen molar-refractivity contribution in [3.05, 3.63) is 52.2 Å². The van der Waals surface area contributed by atoms with Crippen LogP contribution in [0.15, 0.2) is 35.4 Å². The van der Waals surface area contributed by atoms with E-state index in [9.17, 15) is 14.7 Å². The number of aromatic nitrogens is 3. The number of hydrogen-bond donors (Lipinski definition) is 1. The first-order chi connectivity index (χ1) is 14.4. The van der Waals surface area contributed by atoms with Gasteiger partial charge in [-0.3, -0.25) is 9.48 Å². The maximum absolute atomic E-state index is 15.1. The molecule has 0 saturated heterocycles. The Morgan fingerprint density at radius 3 is 2.83 bits per heavy atom. The molecule has 0 spiro atoms. The summed E-state index contributed by atoms with van der Waals surface area (Å²) < 4.78 is 29.2. The molecule has 2 aliphatic heterocycles. The number of carboxylic acids is 1. The SMILES string of the molecule is CC(C)[C@@H]1Cn2ncc(-c3ccc4c(c3F)OCO4)c2-c2cc(=O)c(C(=O)O)cn21. The van der Waals surface area contributed by atoms with Crippen LogP contribution in [0.5, 0.6) is 11.5 Å². The predicted molar refractivity (Wildman–Crippen MR) is 104 cm³/mol. The molecule has 0 amide bonds. The second-order valence-corrected chi connectivity index (χ2v) is 7.71. The minimum Gasteiger partial charge on any atom is -0.477 e. The van der Waals surface area contributed by atoms with E-state index >= 15 is 4.39 Å². The van der Waals surface area contributed by atoms with Crippen LogP contribution in [0.4, 0.5) is 4.39 Å². The van der Waals surface area contributed by atoms with Crippen LogP contribution in [0.25, 0.3) is 22.5 Å². The molecule has 4 heterocycles. The fourth-order valence-corrected chi connectivity index (χ4v) is 4.11. The van der Waals surface area contributed by atoms with E-state index in [2.05, 4.69) is 5.10 Å². The van der Waals surface area contributed by atoms with Gasteiger partial charge in [-0.2, -0.15) is 5.10 Å². The molecule has 154 valence electrons. The molecule has 0 aliphatic carbocycles. The van der Waals surface area contributed by atoms with Crippen LogP contribution in [-0.4, -0.2) is 32.2 Å². The average molecular weight is 411 g/mol. The fraction of sp³-hybridized carbons (Fsp3) is 0.286. The number of fused-ring (bicyclic) bond motifs is 4. The Kier molecular flexibility index (Phi) is 3.96. The Hall–Kier alpha value is -3.62. The third-order valence-corrected chi connectivity index (χ3v) is 5.65. The van der Waals surface area contributed by atoms with Gasteiger partial charge in [-0.05, 0) is 18.1 Å². The second-order valence-electron chi connectivity index (χ2n) is 7.71. The highest BCUT2D eigenvalue weighted by molar-refractivity contribution is 5.88. The molecule has 0 fully saturated rings.